The van der Waals surface area contributed by atoms with Crippen LogP contribution < -0.4 is 4.90 Å². The molecule has 2 aromatic rings. The van der Waals surface area contributed by atoms with Gasteiger partial charge in [0.1, 0.15) is 18.4 Å². The molecule has 0 N–H and O–H groups in total. The van der Waals surface area contributed by atoms with Gasteiger partial charge in [-0.25, -0.2) is 18.7 Å². The summed E-state index contributed by atoms with van der Waals surface area (Å²) < 4.78 is 27.5. The van der Waals surface area contributed by atoms with Crippen LogP contribution in [0.3, 0.4) is 0 Å². The van der Waals surface area contributed by atoms with Gasteiger partial charge < -0.3 is 4.90 Å². The first-order valence-electron chi connectivity index (χ1n) is 6.60. The summed E-state index contributed by atoms with van der Waals surface area (Å²) in [7, 11) is 0. The van der Waals surface area contributed by atoms with Crippen LogP contribution >= 0.6 is 0 Å². The zero-order chi connectivity index (χ0) is 15.7. The Morgan fingerprint density at radius 3 is 2.36 bits per heavy atom. The highest BCUT2D eigenvalue weighted by Crippen LogP contribution is 2.26. The van der Waals surface area contributed by atoms with E-state index >= 15 is 0 Å². The fourth-order valence-electron chi connectivity index (χ4n) is 2.15. The Balaban J connectivity index is 1.87. The second-order valence-electron chi connectivity index (χ2n) is 4.87. The van der Waals surface area contributed by atoms with Gasteiger partial charge in [0, 0.05) is 31.0 Å². The van der Waals surface area contributed by atoms with Crippen molar-refractivity contribution in [3.8, 4) is 0 Å². The molecule has 3 heterocycles. The second kappa shape index (κ2) is 5.62. The van der Waals surface area contributed by atoms with E-state index in [1.54, 1.807) is 0 Å². The Hall–Kier alpha value is -2.65. The summed E-state index contributed by atoms with van der Waals surface area (Å²) in [4.78, 5) is 20.0. The van der Waals surface area contributed by atoms with Crippen LogP contribution in [0.15, 0.2) is 24.8 Å². The number of halogens is 2. The Bertz CT molecular complexity index is 671. The average Bonchev–Trinajstić information content (AvgIpc) is 2.88. The zero-order valence-electron chi connectivity index (χ0n) is 11.3. The van der Waals surface area contributed by atoms with Crippen LogP contribution in [-0.2, 0) is 0 Å². The molecule has 1 atom stereocenters. The van der Waals surface area contributed by atoms with Crippen molar-refractivity contribution < 1.29 is 13.7 Å². The van der Waals surface area contributed by atoms with Crippen molar-refractivity contribution in [3.63, 3.8) is 0 Å². The molecule has 8 nitrogen and oxygen atoms in total. The van der Waals surface area contributed by atoms with Crippen molar-refractivity contribution in [2.75, 3.05) is 18.0 Å². The number of aromatic nitrogens is 4. The molecule has 0 amide bonds. The molecular weight excluding hydrogens is 298 g/mol. The minimum atomic E-state index is -2.79. The third-order valence-electron chi connectivity index (χ3n) is 3.46. The molecule has 1 unspecified atom stereocenters. The van der Waals surface area contributed by atoms with Crippen molar-refractivity contribution in [3.05, 3.63) is 40.5 Å². The Labute approximate surface area is 123 Å². The predicted molar refractivity (Wildman–Crippen MR) is 71.9 cm³/mol. The van der Waals surface area contributed by atoms with E-state index in [1.165, 1.54) is 12.4 Å². The molecule has 1 aliphatic heterocycles. The van der Waals surface area contributed by atoms with Gasteiger partial charge in [-0.3, -0.25) is 14.8 Å². The normalized spacial score (nSPS) is 15.7. The molecule has 0 spiro atoms. The number of hydrogen-bond donors (Lipinski definition) is 0. The lowest BCUT2D eigenvalue weighted by Gasteiger charge is -2.30. The molecule has 1 saturated heterocycles. The summed E-state index contributed by atoms with van der Waals surface area (Å²) in [5.41, 5.74) is -0.193. The fourth-order valence-corrected chi connectivity index (χ4v) is 2.15. The van der Waals surface area contributed by atoms with E-state index in [1.807, 2.05) is 4.90 Å². The van der Waals surface area contributed by atoms with Crippen molar-refractivity contribution in [1.29, 1.82) is 0 Å². The van der Waals surface area contributed by atoms with Gasteiger partial charge in [0.05, 0.1) is 4.92 Å². The quantitative estimate of drug-likeness (QED) is 0.616. The van der Waals surface area contributed by atoms with Crippen LogP contribution in [0.1, 0.15) is 18.0 Å². The number of alkyl halides is 2. The monoisotopic (exact) mass is 310 g/mol. The minimum absolute atomic E-state index is 0.150. The van der Waals surface area contributed by atoms with Gasteiger partial charge in [-0.2, -0.15) is 5.10 Å². The Morgan fingerprint density at radius 1 is 1.23 bits per heavy atom. The van der Waals surface area contributed by atoms with Gasteiger partial charge in [-0.05, 0) is 6.42 Å². The van der Waals surface area contributed by atoms with Crippen LogP contribution in [0, 0.1) is 10.1 Å². The molecule has 0 saturated carbocycles. The first-order chi connectivity index (χ1) is 10.6. The number of hydrogen-bond acceptors (Lipinski definition) is 6. The van der Waals surface area contributed by atoms with Gasteiger partial charge in [0.25, 0.3) is 6.43 Å². The first-order valence-corrected chi connectivity index (χ1v) is 6.60. The maximum absolute atomic E-state index is 13.3. The molecule has 22 heavy (non-hydrogen) atoms. The van der Waals surface area contributed by atoms with Crippen LogP contribution in [-0.4, -0.2) is 44.2 Å². The largest absolute Gasteiger partial charge is 0.341 e. The Morgan fingerprint density at radius 2 is 1.91 bits per heavy atom. The highest BCUT2D eigenvalue weighted by molar-refractivity contribution is 5.33. The summed E-state index contributed by atoms with van der Waals surface area (Å²) >= 11 is 0. The first kappa shape index (κ1) is 14.3. The molecular formula is C12H12F2N6O2. The van der Waals surface area contributed by atoms with E-state index in [9.17, 15) is 18.9 Å². The SMILES string of the molecule is O=[N+]([O-])c1cnn(C(c2cnc(N3CCC3)nc2)C(F)F)c1. The molecule has 2 aromatic heterocycles. The summed E-state index contributed by atoms with van der Waals surface area (Å²) in [6, 6.07) is -1.46. The highest BCUT2D eigenvalue weighted by atomic mass is 19.3. The lowest BCUT2D eigenvalue weighted by atomic mass is 10.1. The average molecular weight is 310 g/mol. The maximum atomic E-state index is 13.3. The summed E-state index contributed by atoms with van der Waals surface area (Å²) in [5, 5.41) is 14.3. The molecule has 0 aliphatic carbocycles. The third-order valence-corrected chi connectivity index (χ3v) is 3.46. The highest BCUT2D eigenvalue weighted by Gasteiger charge is 2.28. The maximum Gasteiger partial charge on any atom is 0.307 e. The van der Waals surface area contributed by atoms with Crippen LogP contribution in [0.4, 0.5) is 20.4 Å². The molecule has 1 aliphatic rings. The van der Waals surface area contributed by atoms with Crippen LogP contribution in [0.25, 0.3) is 0 Å². The van der Waals surface area contributed by atoms with E-state index in [-0.39, 0.29) is 11.3 Å². The second-order valence-corrected chi connectivity index (χ2v) is 4.87. The number of nitrogens with zero attached hydrogens (tertiary/aromatic N) is 6. The smallest absolute Gasteiger partial charge is 0.307 e. The van der Waals surface area contributed by atoms with Crippen molar-refractivity contribution >= 4 is 11.6 Å². The molecule has 0 aromatic carbocycles. The third kappa shape index (κ3) is 2.59. The van der Waals surface area contributed by atoms with Gasteiger partial charge >= 0.3 is 5.69 Å². The molecule has 0 radical (unpaired) electrons. The summed E-state index contributed by atoms with van der Waals surface area (Å²) in [5.74, 6) is 0.495. The number of anilines is 1. The molecule has 0 bridgehead atoms. The van der Waals surface area contributed by atoms with E-state index < -0.39 is 17.4 Å². The lowest BCUT2D eigenvalue weighted by Crippen LogP contribution is -2.38. The predicted octanol–water partition coefficient (Wildman–Crippen LogP) is 1.65. The number of nitro groups is 1. The van der Waals surface area contributed by atoms with E-state index in [2.05, 4.69) is 15.1 Å². The van der Waals surface area contributed by atoms with Gasteiger partial charge in [0.2, 0.25) is 5.95 Å². The standard InChI is InChI=1S/C12H12F2N6O2/c13-11(14)10(19-7-9(6-17-19)20(21)22)8-4-15-12(16-5-8)18-2-1-3-18/h4-7,10-11H,1-3H2. The van der Waals surface area contributed by atoms with Crippen molar-refractivity contribution in [2.24, 2.45) is 0 Å². The molecule has 10 heteroatoms. The zero-order valence-corrected chi connectivity index (χ0v) is 11.3. The Kier molecular flexibility index (Phi) is 3.65. The minimum Gasteiger partial charge on any atom is -0.341 e. The van der Waals surface area contributed by atoms with E-state index in [0.29, 0.717) is 5.95 Å². The summed E-state index contributed by atoms with van der Waals surface area (Å²) in [6.07, 6.45) is 2.79. The topological polar surface area (TPSA) is 90.0 Å². The van der Waals surface area contributed by atoms with Crippen LogP contribution in [0.2, 0.25) is 0 Å². The fraction of sp³-hybridized carbons (Fsp3) is 0.417. The van der Waals surface area contributed by atoms with Gasteiger partial charge in [-0.15, -0.1) is 0 Å². The van der Waals surface area contributed by atoms with Crippen molar-refractivity contribution in [1.82, 2.24) is 19.7 Å². The van der Waals surface area contributed by atoms with Crippen molar-refractivity contribution in [2.45, 2.75) is 18.9 Å². The lowest BCUT2D eigenvalue weighted by molar-refractivity contribution is -0.385. The number of rotatable bonds is 5. The molecule has 3 rings (SSSR count). The molecule has 116 valence electrons. The van der Waals surface area contributed by atoms with Crippen LogP contribution in [0.5, 0.6) is 0 Å². The van der Waals surface area contributed by atoms with Gasteiger partial charge in [-0.1, -0.05) is 0 Å². The van der Waals surface area contributed by atoms with Gasteiger partial charge in [0.15, 0.2) is 0 Å². The molecule has 1 fully saturated rings. The van der Waals surface area contributed by atoms with E-state index in [0.717, 1.165) is 36.6 Å². The summed E-state index contributed by atoms with van der Waals surface area (Å²) in [6.45, 7) is 1.70. The van der Waals surface area contributed by atoms with E-state index in [4.69, 9.17) is 0 Å².